The van der Waals surface area contributed by atoms with Crippen molar-refractivity contribution in [3.63, 3.8) is 0 Å². The number of carbonyl (C=O) groups is 2. The van der Waals surface area contributed by atoms with E-state index < -0.39 is 5.97 Å². The van der Waals surface area contributed by atoms with Crippen LogP contribution in [0.4, 0.5) is 0 Å². The molecule has 0 aromatic carbocycles. The summed E-state index contributed by atoms with van der Waals surface area (Å²) in [7, 11) is 0. The van der Waals surface area contributed by atoms with Crippen LogP contribution < -0.4 is 5.32 Å². The average molecular weight is 299 g/mol. The molecule has 1 amide bonds. The lowest BCUT2D eigenvalue weighted by Crippen LogP contribution is -2.52. The third kappa shape index (κ3) is 6.01. The van der Waals surface area contributed by atoms with Crippen LogP contribution in [0.15, 0.2) is 0 Å². The van der Waals surface area contributed by atoms with Gasteiger partial charge in [-0.05, 0) is 33.6 Å². The van der Waals surface area contributed by atoms with E-state index in [1.807, 2.05) is 25.7 Å². The second kappa shape index (κ2) is 7.75. The molecule has 0 saturated carbocycles. The Morgan fingerprint density at radius 3 is 2.48 bits per heavy atom. The summed E-state index contributed by atoms with van der Waals surface area (Å²) in [5.41, 5.74) is -0.188. The van der Waals surface area contributed by atoms with Gasteiger partial charge in [0.25, 0.3) is 0 Å². The highest BCUT2D eigenvalue weighted by Crippen LogP contribution is 2.11. The van der Waals surface area contributed by atoms with E-state index in [-0.39, 0.29) is 24.0 Å². The van der Waals surface area contributed by atoms with Crippen LogP contribution in [0.3, 0.4) is 0 Å². The standard InChI is InChI=1S/C15H29N3O3/c1-5-15(3,4)16-14(21)12(2)18-8-6-7-17(9-10-18)11-13(19)20/h12H,5-11H2,1-4H3,(H,16,21)(H,19,20). The summed E-state index contributed by atoms with van der Waals surface area (Å²) < 4.78 is 0. The van der Waals surface area contributed by atoms with Crippen molar-refractivity contribution in [2.45, 2.75) is 52.1 Å². The predicted molar refractivity (Wildman–Crippen MR) is 82.2 cm³/mol. The molecule has 1 aliphatic rings. The van der Waals surface area contributed by atoms with Gasteiger partial charge in [0, 0.05) is 31.7 Å². The van der Waals surface area contributed by atoms with E-state index in [9.17, 15) is 9.59 Å². The Balaban J connectivity index is 2.53. The molecule has 0 aromatic heterocycles. The van der Waals surface area contributed by atoms with Gasteiger partial charge >= 0.3 is 5.97 Å². The van der Waals surface area contributed by atoms with Gasteiger partial charge in [0.1, 0.15) is 0 Å². The topological polar surface area (TPSA) is 72.9 Å². The molecular formula is C15H29N3O3. The number of aliphatic carboxylic acids is 1. The van der Waals surface area contributed by atoms with Gasteiger partial charge in [-0.1, -0.05) is 6.92 Å². The smallest absolute Gasteiger partial charge is 0.317 e. The molecule has 0 aliphatic carbocycles. The third-order valence-electron chi connectivity index (χ3n) is 4.25. The number of carbonyl (C=O) groups excluding carboxylic acids is 1. The number of hydrogen-bond donors (Lipinski definition) is 2. The van der Waals surface area contributed by atoms with Crippen LogP contribution >= 0.6 is 0 Å². The van der Waals surface area contributed by atoms with E-state index in [4.69, 9.17) is 5.11 Å². The molecular weight excluding hydrogens is 270 g/mol. The van der Waals surface area contributed by atoms with E-state index in [1.54, 1.807) is 0 Å². The van der Waals surface area contributed by atoms with Crippen molar-refractivity contribution in [3.05, 3.63) is 0 Å². The Hall–Kier alpha value is -1.14. The lowest BCUT2D eigenvalue weighted by Gasteiger charge is -2.31. The quantitative estimate of drug-likeness (QED) is 0.758. The molecule has 1 unspecified atom stereocenters. The van der Waals surface area contributed by atoms with Gasteiger partial charge in [0.2, 0.25) is 5.91 Å². The van der Waals surface area contributed by atoms with Crippen molar-refractivity contribution in [1.82, 2.24) is 15.1 Å². The van der Waals surface area contributed by atoms with Gasteiger partial charge in [0.05, 0.1) is 12.6 Å². The zero-order chi connectivity index (χ0) is 16.0. The molecule has 1 rings (SSSR count). The summed E-state index contributed by atoms with van der Waals surface area (Å²) in [6, 6.07) is -0.180. The lowest BCUT2D eigenvalue weighted by atomic mass is 10.0. The summed E-state index contributed by atoms with van der Waals surface area (Å²) in [5.74, 6) is -0.743. The maximum Gasteiger partial charge on any atom is 0.317 e. The number of amides is 1. The molecule has 1 heterocycles. The second-order valence-corrected chi connectivity index (χ2v) is 6.46. The fourth-order valence-corrected chi connectivity index (χ4v) is 2.42. The summed E-state index contributed by atoms with van der Waals surface area (Å²) in [6.07, 6.45) is 1.78. The zero-order valence-electron chi connectivity index (χ0n) is 13.7. The minimum atomic E-state index is -0.793. The molecule has 2 N–H and O–H groups in total. The predicted octanol–water partition coefficient (Wildman–Crippen LogP) is 0.772. The molecule has 0 bridgehead atoms. The van der Waals surface area contributed by atoms with E-state index in [1.165, 1.54) is 0 Å². The molecule has 6 nitrogen and oxygen atoms in total. The van der Waals surface area contributed by atoms with Crippen molar-refractivity contribution >= 4 is 11.9 Å². The number of nitrogens with one attached hydrogen (secondary N) is 1. The van der Waals surface area contributed by atoms with Crippen LogP contribution in [-0.4, -0.2) is 71.1 Å². The molecule has 0 radical (unpaired) electrons. The fourth-order valence-electron chi connectivity index (χ4n) is 2.42. The van der Waals surface area contributed by atoms with Crippen molar-refractivity contribution in [2.75, 3.05) is 32.7 Å². The first-order valence-electron chi connectivity index (χ1n) is 7.75. The Kier molecular flexibility index (Phi) is 6.61. The van der Waals surface area contributed by atoms with Crippen molar-refractivity contribution < 1.29 is 14.7 Å². The zero-order valence-corrected chi connectivity index (χ0v) is 13.7. The molecule has 6 heteroatoms. The van der Waals surface area contributed by atoms with Gasteiger partial charge in [0.15, 0.2) is 0 Å². The van der Waals surface area contributed by atoms with E-state index >= 15 is 0 Å². The van der Waals surface area contributed by atoms with Crippen molar-refractivity contribution in [1.29, 1.82) is 0 Å². The van der Waals surface area contributed by atoms with Crippen molar-refractivity contribution in [3.8, 4) is 0 Å². The molecule has 1 saturated heterocycles. The number of rotatable bonds is 6. The molecule has 1 aliphatic heterocycles. The number of carboxylic acids is 1. The Labute approximate surface area is 127 Å². The van der Waals surface area contributed by atoms with Crippen LogP contribution in [0.1, 0.15) is 40.5 Å². The minimum absolute atomic E-state index is 0.0496. The Morgan fingerprint density at radius 2 is 1.90 bits per heavy atom. The van der Waals surface area contributed by atoms with E-state index in [0.717, 1.165) is 32.5 Å². The summed E-state index contributed by atoms with van der Waals surface area (Å²) in [5, 5.41) is 11.9. The largest absolute Gasteiger partial charge is 0.480 e. The molecule has 122 valence electrons. The highest BCUT2D eigenvalue weighted by Gasteiger charge is 2.27. The molecule has 0 spiro atoms. The van der Waals surface area contributed by atoms with Crippen molar-refractivity contribution in [2.24, 2.45) is 0 Å². The highest BCUT2D eigenvalue weighted by molar-refractivity contribution is 5.82. The minimum Gasteiger partial charge on any atom is -0.480 e. The van der Waals surface area contributed by atoms with Gasteiger partial charge < -0.3 is 10.4 Å². The maximum absolute atomic E-state index is 12.3. The SMILES string of the molecule is CCC(C)(C)NC(=O)C(C)N1CCCN(CC(=O)O)CC1. The first kappa shape index (κ1) is 17.9. The van der Waals surface area contributed by atoms with E-state index in [0.29, 0.717) is 6.54 Å². The van der Waals surface area contributed by atoms with Crippen LogP contribution in [0.25, 0.3) is 0 Å². The third-order valence-corrected chi connectivity index (χ3v) is 4.25. The van der Waals surface area contributed by atoms with Crippen LogP contribution in [-0.2, 0) is 9.59 Å². The van der Waals surface area contributed by atoms with Gasteiger partial charge in [-0.25, -0.2) is 0 Å². The van der Waals surface area contributed by atoms with E-state index in [2.05, 4.69) is 17.1 Å². The normalized spacial score (nSPS) is 19.8. The number of nitrogens with zero attached hydrogens (tertiary/aromatic N) is 2. The van der Waals surface area contributed by atoms with Crippen LogP contribution in [0.5, 0.6) is 0 Å². The summed E-state index contributed by atoms with van der Waals surface area (Å²) in [4.78, 5) is 27.2. The van der Waals surface area contributed by atoms with Gasteiger partial charge in [-0.2, -0.15) is 0 Å². The molecule has 1 atom stereocenters. The fraction of sp³-hybridized carbons (Fsp3) is 0.867. The number of carboxylic acid groups (broad SMARTS) is 1. The monoisotopic (exact) mass is 299 g/mol. The maximum atomic E-state index is 12.3. The molecule has 0 aromatic rings. The Morgan fingerprint density at radius 1 is 1.24 bits per heavy atom. The number of hydrogen-bond acceptors (Lipinski definition) is 4. The molecule has 21 heavy (non-hydrogen) atoms. The van der Waals surface area contributed by atoms with Crippen LogP contribution in [0.2, 0.25) is 0 Å². The molecule has 1 fully saturated rings. The first-order valence-corrected chi connectivity index (χ1v) is 7.75. The summed E-state index contributed by atoms with van der Waals surface area (Å²) in [6.45, 7) is 11.1. The summed E-state index contributed by atoms with van der Waals surface area (Å²) >= 11 is 0. The lowest BCUT2D eigenvalue weighted by molar-refractivity contribution is -0.138. The first-order chi connectivity index (χ1) is 9.75. The van der Waals surface area contributed by atoms with Crippen LogP contribution in [0, 0.1) is 0 Å². The average Bonchev–Trinajstić information content (AvgIpc) is 2.62. The second-order valence-electron chi connectivity index (χ2n) is 6.46. The van der Waals surface area contributed by atoms with Gasteiger partial charge in [-0.3, -0.25) is 19.4 Å². The van der Waals surface area contributed by atoms with Gasteiger partial charge in [-0.15, -0.1) is 0 Å². The Bertz CT molecular complexity index is 371. The highest BCUT2D eigenvalue weighted by atomic mass is 16.4.